The van der Waals surface area contributed by atoms with Gasteiger partial charge in [-0.15, -0.1) is 11.6 Å². The van der Waals surface area contributed by atoms with Crippen LogP contribution in [-0.2, 0) is 4.79 Å². The van der Waals surface area contributed by atoms with Crippen LogP contribution in [-0.4, -0.2) is 60.3 Å². The van der Waals surface area contributed by atoms with E-state index in [0.29, 0.717) is 19.0 Å². The van der Waals surface area contributed by atoms with Crippen LogP contribution in [0.5, 0.6) is 0 Å². The Morgan fingerprint density at radius 1 is 1.24 bits per heavy atom. The fourth-order valence-electron chi connectivity index (χ4n) is 1.88. The van der Waals surface area contributed by atoms with Gasteiger partial charge in [0, 0.05) is 32.7 Å². The summed E-state index contributed by atoms with van der Waals surface area (Å²) in [4.78, 5) is 26.6. The quantitative estimate of drug-likeness (QED) is 0.763. The van der Waals surface area contributed by atoms with Crippen molar-refractivity contribution in [3.63, 3.8) is 0 Å². The number of nitrogens with one attached hydrogen (secondary N) is 1. The Morgan fingerprint density at radius 2 is 1.82 bits per heavy atom. The van der Waals surface area contributed by atoms with E-state index in [1.165, 1.54) is 0 Å². The lowest BCUT2D eigenvalue weighted by molar-refractivity contribution is -0.117. The van der Waals surface area contributed by atoms with Crippen LogP contribution >= 0.6 is 11.6 Å². The van der Waals surface area contributed by atoms with E-state index in [4.69, 9.17) is 11.6 Å². The number of urea groups is 1. The Kier molecular flexibility index (Phi) is 5.71. The van der Waals surface area contributed by atoms with Crippen molar-refractivity contribution in [1.82, 2.24) is 15.1 Å². The Labute approximate surface area is 107 Å². The number of halogens is 1. The molecule has 0 bridgehead atoms. The van der Waals surface area contributed by atoms with Crippen molar-refractivity contribution < 1.29 is 9.59 Å². The molecule has 0 aliphatic carbocycles. The van der Waals surface area contributed by atoms with Crippen LogP contribution in [0.15, 0.2) is 0 Å². The Morgan fingerprint density at radius 3 is 2.29 bits per heavy atom. The standard InChI is InChI=1S/C11H20ClN3O2/c1-9(2)8-14-3-5-15(6-4-14)11(17)13-10(16)7-12/h9H,3-8H2,1-2H3,(H,13,16,17). The molecule has 0 aromatic rings. The number of piperazine rings is 1. The van der Waals surface area contributed by atoms with Crippen molar-refractivity contribution >= 4 is 23.5 Å². The highest BCUT2D eigenvalue weighted by Gasteiger charge is 2.22. The van der Waals surface area contributed by atoms with Crippen molar-refractivity contribution in [3.05, 3.63) is 0 Å². The third-order valence-corrected chi connectivity index (χ3v) is 2.89. The van der Waals surface area contributed by atoms with Crippen LogP contribution < -0.4 is 5.32 Å². The van der Waals surface area contributed by atoms with Gasteiger partial charge in [-0.2, -0.15) is 0 Å². The molecule has 98 valence electrons. The number of imide groups is 1. The van der Waals surface area contributed by atoms with Gasteiger partial charge in [-0.1, -0.05) is 13.8 Å². The minimum absolute atomic E-state index is 0.181. The van der Waals surface area contributed by atoms with E-state index in [1.807, 2.05) is 0 Å². The molecule has 17 heavy (non-hydrogen) atoms. The minimum Gasteiger partial charge on any atom is -0.322 e. The minimum atomic E-state index is -0.443. The molecule has 1 aliphatic rings. The molecule has 1 heterocycles. The van der Waals surface area contributed by atoms with Crippen molar-refractivity contribution in [2.45, 2.75) is 13.8 Å². The molecule has 1 aliphatic heterocycles. The highest BCUT2D eigenvalue weighted by molar-refractivity contribution is 6.28. The summed E-state index contributed by atoms with van der Waals surface area (Å²) in [6, 6.07) is -0.333. The number of alkyl halides is 1. The zero-order valence-corrected chi connectivity index (χ0v) is 11.2. The number of carbonyl (C=O) groups excluding carboxylic acids is 2. The Hall–Kier alpha value is -0.810. The number of carbonyl (C=O) groups is 2. The van der Waals surface area contributed by atoms with Crippen LogP contribution in [0.25, 0.3) is 0 Å². The van der Waals surface area contributed by atoms with Crippen LogP contribution in [0.2, 0.25) is 0 Å². The third kappa shape index (κ3) is 4.91. The number of rotatable bonds is 3. The average Bonchev–Trinajstić information content (AvgIpc) is 2.28. The molecular weight excluding hydrogens is 242 g/mol. The van der Waals surface area contributed by atoms with Crippen LogP contribution in [0.4, 0.5) is 4.79 Å². The van der Waals surface area contributed by atoms with Gasteiger partial charge in [-0.25, -0.2) is 4.79 Å². The maximum Gasteiger partial charge on any atom is 0.324 e. The van der Waals surface area contributed by atoms with E-state index in [-0.39, 0.29) is 11.9 Å². The number of hydrogen-bond donors (Lipinski definition) is 1. The summed E-state index contributed by atoms with van der Waals surface area (Å²) >= 11 is 5.32. The molecule has 0 aromatic carbocycles. The van der Waals surface area contributed by atoms with Crippen LogP contribution in [0.1, 0.15) is 13.8 Å². The first-order chi connectivity index (χ1) is 8.02. The highest BCUT2D eigenvalue weighted by atomic mass is 35.5. The molecule has 0 aromatic heterocycles. The van der Waals surface area contributed by atoms with Crippen LogP contribution in [0, 0.1) is 5.92 Å². The lowest BCUT2D eigenvalue weighted by Crippen LogP contribution is -2.53. The van der Waals surface area contributed by atoms with E-state index >= 15 is 0 Å². The summed E-state index contributed by atoms with van der Waals surface area (Å²) in [5.41, 5.74) is 0. The second-order valence-corrected chi connectivity index (χ2v) is 4.94. The predicted molar refractivity (Wildman–Crippen MR) is 67.1 cm³/mol. The maximum absolute atomic E-state index is 11.6. The maximum atomic E-state index is 11.6. The lowest BCUT2D eigenvalue weighted by Gasteiger charge is -2.35. The van der Waals surface area contributed by atoms with Gasteiger partial charge in [0.2, 0.25) is 5.91 Å². The van der Waals surface area contributed by atoms with E-state index in [0.717, 1.165) is 19.6 Å². The van der Waals surface area contributed by atoms with E-state index in [9.17, 15) is 9.59 Å². The SMILES string of the molecule is CC(C)CN1CCN(C(=O)NC(=O)CCl)CC1. The predicted octanol–water partition coefficient (Wildman–Crippen LogP) is 0.735. The van der Waals surface area contributed by atoms with Gasteiger partial charge in [0.1, 0.15) is 5.88 Å². The van der Waals surface area contributed by atoms with Gasteiger partial charge in [0.15, 0.2) is 0 Å². The zero-order valence-electron chi connectivity index (χ0n) is 10.4. The Bertz CT molecular complexity index is 276. The topological polar surface area (TPSA) is 52.6 Å². The second kappa shape index (κ2) is 6.81. The van der Waals surface area contributed by atoms with Crippen molar-refractivity contribution in [3.8, 4) is 0 Å². The van der Waals surface area contributed by atoms with Gasteiger partial charge >= 0.3 is 6.03 Å². The molecule has 1 fully saturated rings. The highest BCUT2D eigenvalue weighted by Crippen LogP contribution is 2.05. The monoisotopic (exact) mass is 261 g/mol. The van der Waals surface area contributed by atoms with Gasteiger partial charge < -0.3 is 4.90 Å². The fourth-order valence-corrected chi connectivity index (χ4v) is 1.95. The van der Waals surface area contributed by atoms with Gasteiger partial charge in [-0.05, 0) is 5.92 Å². The second-order valence-electron chi connectivity index (χ2n) is 4.67. The Balaban J connectivity index is 2.31. The smallest absolute Gasteiger partial charge is 0.322 e. The third-order valence-electron chi connectivity index (χ3n) is 2.65. The van der Waals surface area contributed by atoms with E-state index < -0.39 is 5.91 Å². The summed E-state index contributed by atoms with van der Waals surface area (Å²) in [5.74, 6) is 0.00784. The molecule has 3 amide bonds. The van der Waals surface area contributed by atoms with Gasteiger partial charge in [-0.3, -0.25) is 15.0 Å². The van der Waals surface area contributed by atoms with Gasteiger partial charge in [0.05, 0.1) is 0 Å². The average molecular weight is 262 g/mol. The van der Waals surface area contributed by atoms with Crippen molar-refractivity contribution in [2.75, 3.05) is 38.6 Å². The first-order valence-corrected chi connectivity index (χ1v) is 6.43. The summed E-state index contributed by atoms with van der Waals surface area (Å²) < 4.78 is 0. The molecule has 0 spiro atoms. The van der Waals surface area contributed by atoms with E-state index in [1.54, 1.807) is 4.90 Å². The number of nitrogens with zero attached hydrogens (tertiary/aromatic N) is 2. The van der Waals surface area contributed by atoms with Crippen LogP contribution in [0.3, 0.4) is 0 Å². The molecular formula is C11H20ClN3O2. The zero-order chi connectivity index (χ0) is 12.8. The molecule has 1 saturated heterocycles. The number of amides is 3. The van der Waals surface area contributed by atoms with E-state index in [2.05, 4.69) is 24.1 Å². The first kappa shape index (κ1) is 14.3. The molecule has 1 N–H and O–H groups in total. The lowest BCUT2D eigenvalue weighted by atomic mass is 10.2. The largest absolute Gasteiger partial charge is 0.324 e. The number of hydrogen-bond acceptors (Lipinski definition) is 3. The van der Waals surface area contributed by atoms with Gasteiger partial charge in [0.25, 0.3) is 0 Å². The normalized spacial score (nSPS) is 17.3. The summed E-state index contributed by atoms with van der Waals surface area (Å²) in [7, 11) is 0. The molecule has 6 heteroatoms. The summed E-state index contributed by atoms with van der Waals surface area (Å²) in [5, 5.41) is 2.25. The first-order valence-electron chi connectivity index (χ1n) is 5.90. The molecule has 0 saturated carbocycles. The molecule has 0 radical (unpaired) electrons. The molecule has 5 nitrogen and oxygen atoms in total. The van der Waals surface area contributed by atoms with Crippen molar-refractivity contribution in [2.24, 2.45) is 5.92 Å². The summed E-state index contributed by atoms with van der Waals surface area (Å²) in [6.45, 7) is 8.45. The fraction of sp³-hybridized carbons (Fsp3) is 0.818. The molecule has 1 rings (SSSR count). The molecule has 0 unspecified atom stereocenters. The summed E-state index contributed by atoms with van der Waals surface area (Å²) in [6.07, 6.45) is 0. The van der Waals surface area contributed by atoms with Crippen molar-refractivity contribution in [1.29, 1.82) is 0 Å². The molecule has 0 atom stereocenters.